The summed E-state index contributed by atoms with van der Waals surface area (Å²) in [6, 6.07) is 9.08. The van der Waals surface area contributed by atoms with Gasteiger partial charge in [0.1, 0.15) is 5.76 Å². The molecule has 0 spiro atoms. The molecule has 0 saturated heterocycles. The molecule has 0 aliphatic carbocycles. The van der Waals surface area contributed by atoms with Gasteiger partial charge in [0.25, 0.3) is 5.91 Å². The highest BCUT2D eigenvalue weighted by Crippen LogP contribution is 2.19. The maximum absolute atomic E-state index is 12.3. The summed E-state index contributed by atoms with van der Waals surface area (Å²) in [4.78, 5) is 22.9. The molecule has 2 rings (SSSR count). The van der Waals surface area contributed by atoms with E-state index in [1.807, 2.05) is 31.2 Å². The van der Waals surface area contributed by atoms with E-state index in [9.17, 15) is 9.59 Å². The van der Waals surface area contributed by atoms with Crippen LogP contribution in [0, 0.1) is 0 Å². The number of thioether (sulfide) groups is 1. The van der Waals surface area contributed by atoms with Crippen molar-refractivity contribution in [2.45, 2.75) is 25.5 Å². The van der Waals surface area contributed by atoms with Crippen molar-refractivity contribution in [2.75, 3.05) is 11.1 Å². The number of nitrogens with one attached hydrogen (secondary N) is 1. The number of carboxylic acid groups (broad SMARTS) is 1. The van der Waals surface area contributed by atoms with Gasteiger partial charge in [-0.2, -0.15) is 0 Å². The van der Waals surface area contributed by atoms with Gasteiger partial charge in [0.15, 0.2) is 0 Å². The van der Waals surface area contributed by atoms with E-state index >= 15 is 0 Å². The fraction of sp³-hybridized carbons (Fsp3) is 0.294. The minimum Gasteiger partial charge on any atom is -0.481 e. The molecule has 1 amide bonds. The predicted octanol–water partition coefficient (Wildman–Crippen LogP) is 3.80. The maximum atomic E-state index is 12.3. The van der Waals surface area contributed by atoms with Gasteiger partial charge >= 0.3 is 5.97 Å². The average Bonchev–Trinajstić information content (AvgIpc) is 2.96. The van der Waals surface area contributed by atoms with E-state index in [-0.39, 0.29) is 11.7 Å². The molecule has 0 saturated carbocycles. The van der Waals surface area contributed by atoms with Crippen molar-refractivity contribution in [1.82, 2.24) is 0 Å². The van der Waals surface area contributed by atoms with E-state index in [1.165, 1.54) is 18.0 Å². The third-order valence-electron chi connectivity index (χ3n) is 3.15. The zero-order valence-electron chi connectivity index (χ0n) is 12.9. The molecule has 6 heteroatoms. The molecule has 2 N–H and O–H groups in total. The van der Waals surface area contributed by atoms with E-state index in [0.717, 1.165) is 18.4 Å². The highest BCUT2D eigenvalue weighted by atomic mass is 32.2. The lowest BCUT2D eigenvalue weighted by Gasteiger charge is -2.07. The van der Waals surface area contributed by atoms with Crippen LogP contribution >= 0.6 is 11.8 Å². The number of carbonyl (C=O) groups is 2. The van der Waals surface area contributed by atoms with Crippen LogP contribution in [0.1, 0.15) is 35.0 Å². The topological polar surface area (TPSA) is 79.5 Å². The Balaban J connectivity index is 2.00. The number of aryl methyl sites for hydroxylation is 1. The summed E-state index contributed by atoms with van der Waals surface area (Å²) in [7, 11) is 0. The Bertz CT molecular complexity index is 681. The number of rotatable bonds is 8. The number of amides is 1. The zero-order valence-corrected chi connectivity index (χ0v) is 13.7. The highest BCUT2D eigenvalue weighted by molar-refractivity contribution is 7.99. The molecule has 1 aromatic heterocycles. The number of carbonyl (C=O) groups excluding carboxylic acids is 1. The number of carboxylic acids is 1. The van der Waals surface area contributed by atoms with Gasteiger partial charge in [0, 0.05) is 17.9 Å². The third-order valence-corrected chi connectivity index (χ3v) is 4.13. The molecule has 1 aromatic carbocycles. The molecule has 0 fully saturated rings. The van der Waals surface area contributed by atoms with Gasteiger partial charge in [-0.3, -0.25) is 9.59 Å². The van der Waals surface area contributed by atoms with Gasteiger partial charge < -0.3 is 14.8 Å². The first-order valence-electron chi connectivity index (χ1n) is 7.36. The number of hydrogen-bond donors (Lipinski definition) is 2. The lowest BCUT2D eigenvalue weighted by atomic mass is 10.1. The van der Waals surface area contributed by atoms with Crippen LogP contribution in [-0.2, 0) is 17.0 Å². The van der Waals surface area contributed by atoms with E-state index in [4.69, 9.17) is 9.52 Å². The van der Waals surface area contributed by atoms with E-state index in [2.05, 4.69) is 5.32 Å². The molecule has 122 valence electrons. The second-order valence-electron chi connectivity index (χ2n) is 5.05. The lowest BCUT2D eigenvalue weighted by molar-refractivity contribution is -0.133. The number of benzene rings is 1. The second kappa shape index (κ2) is 8.43. The van der Waals surface area contributed by atoms with Crippen LogP contribution in [-0.4, -0.2) is 22.7 Å². The number of furan rings is 1. The van der Waals surface area contributed by atoms with Crippen molar-refractivity contribution in [3.05, 3.63) is 53.5 Å². The molecule has 23 heavy (non-hydrogen) atoms. The number of hydrogen-bond acceptors (Lipinski definition) is 4. The molecule has 0 aliphatic heterocycles. The summed E-state index contributed by atoms with van der Waals surface area (Å²) < 4.78 is 5.34. The Morgan fingerprint density at radius 2 is 2.13 bits per heavy atom. The van der Waals surface area contributed by atoms with Crippen LogP contribution in [0.25, 0.3) is 0 Å². The molecule has 0 bridgehead atoms. The molecular weight excluding hydrogens is 314 g/mol. The van der Waals surface area contributed by atoms with Crippen LogP contribution in [0.15, 0.2) is 41.0 Å². The fourth-order valence-electron chi connectivity index (χ4n) is 2.16. The molecule has 1 heterocycles. The van der Waals surface area contributed by atoms with Crippen molar-refractivity contribution >= 4 is 29.3 Å². The first-order chi connectivity index (χ1) is 11.1. The Morgan fingerprint density at radius 1 is 1.30 bits per heavy atom. The zero-order chi connectivity index (χ0) is 16.7. The summed E-state index contributed by atoms with van der Waals surface area (Å²) in [6.45, 7) is 2.03. The molecule has 0 unspecified atom stereocenters. The van der Waals surface area contributed by atoms with E-state index in [0.29, 0.717) is 22.8 Å². The SMILES string of the molecule is CCCc1occc1C(=O)Nc1cccc(CSCC(=O)O)c1. The molecule has 0 atom stereocenters. The van der Waals surface area contributed by atoms with Gasteiger partial charge in [0.2, 0.25) is 0 Å². The first kappa shape index (κ1) is 17.1. The van der Waals surface area contributed by atoms with Crippen LogP contribution in [0.2, 0.25) is 0 Å². The number of anilines is 1. The maximum Gasteiger partial charge on any atom is 0.313 e. The van der Waals surface area contributed by atoms with Gasteiger partial charge in [-0.1, -0.05) is 19.1 Å². The summed E-state index contributed by atoms with van der Waals surface area (Å²) in [5, 5.41) is 11.5. The van der Waals surface area contributed by atoms with Gasteiger partial charge in [-0.05, 0) is 30.2 Å². The summed E-state index contributed by atoms with van der Waals surface area (Å²) in [5.74, 6) is 0.313. The van der Waals surface area contributed by atoms with Gasteiger partial charge in [0.05, 0.1) is 17.6 Å². The van der Waals surface area contributed by atoms with Gasteiger partial charge in [-0.15, -0.1) is 11.8 Å². The quantitative estimate of drug-likeness (QED) is 0.768. The Morgan fingerprint density at radius 3 is 2.87 bits per heavy atom. The Hall–Kier alpha value is -2.21. The minimum atomic E-state index is -0.831. The highest BCUT2D eigenvalue weighted by Gasteiger charge is 2.14. The largest absolute Gasteiger partial charge is 0.481 e. The van der Waals surface area contributed by atoms with Crippen LogP contribution in [0.4, 0.5) is 5.69 Å². The van der Waals surface area contributed by atoms with Gasteiger partial charge in [-0.25, -0.2) is 0 Å². The molecule has 0 aliphatic rings. The van der Waals surface area contributed by atoms with Crippen molar-refractivity contribution < 1.29 is 19.1 Å². The molecule has 2 aromatic rings. The van der Waals surface area contributed by atoms with Crippen molar-refractivity contribution in [1.29, 1.82) is 0 Å². The number of aliphatic carboxylic acids is 1. The van der Waals surface area contributed by atoms with Crippen molar-refractivity contribution in [3.63, 3.8) is 0 Å². The first-order valence-corrected chi connectivity index (χ1v) is 8.51. The van der Waals surface area contributed by atoms with E-state index in [1.54, 1.807) is 6.07 Å². The predicted molar refractivity (Wildman–Crippen MR) is 90.9 cm³/mol. The standard InChI is InChI=1S/C17H19NO4S/c1-2-4-15-14(7-8-22-15)17(21)18-13-6-3-5-12(9-13)10-23-11-16(19)20/h3,5-9H,2,4,10-11H2,1H3,(H,18,21)(H,19,20). The fourth-order valence-corrected chi connectivity index (χ4v) is 2.85. The second-order valence-corrected chi connectivity index (χ2v) is 6.03. The van der Waals surface area contributed by atoms with Crippen LogP contribution in [0.5, 0.6) is 0 Å². The Labute approximate surface area is 139 Å². The molecule has 0 radical (unpaired) electrons. The van der Waals surface area contributed by atoms with Crippen molar-refractivity contribution in [3.8, 4) is 0 Å². The minimum absolute atomic E-state index is 0.0615. The van der Waals surface area contributed by atoms with Crippen molar-refractivity contribution in [2.24, 2.45) is 0 Å². The smallest absolute Gasteiger partial charge is 0.313 e. The normalized spacial score (nSPS) is 10.5. The van der Waals surface area contributed by atoms with E-state index < -0.39 is 5.97 Å². The summed E-state index contributed by atoms with van der Waals surface area (Å²) in [6.07, 6.45) is 3.16. The summed E-state index contributed by atoms with van der Waals surface area (Å²) >= 11 is 1.32. The van der Waals surface area contributed by atoms with Crippen LogP contribution < -0.4 is 5.32 Å². The Kier molecular flexibility index (Phi) is 6.29. The molecular formula is C17H19NO4S. The third kappa shape index (κ3) is 5.17. The lowest BCUT2D eigenvalue weighted by Crippen LogP contribution is -2.13. The molecule has 5 nitrogen and oxygen atoms in total. The summed E-state index contributed by atoms with van der Waals surface area (Å²) in [5.41, 5.74) is 2.21. The van der Waals surface area contributed by atoms with Crippen LogP contribution in [0.3, 0.4) is 0 Å². The monoisotopic (exact) mass is 333 g/mol. The average molecular weight is 333 g/mol.